The topological polar surface area (TPSA) is 27.0 Å². The maximum atomic E-state index is 9.47. The van der Waals surface area contributed by atoms with Crippen molar-refractivity contribution in [1.82, 2.24) is 4.90 Å². The van der Waals surface area contributed by atoms with E-state index < -0.39 is 0 Å². The first-order chi connectivity index (χ1) is 13.2. The van der Waals surface area contributed by atoms with Crippen molar-refractivity contribution in [3.8, 4) is 6.07 Å². The number of nitriles is 1. The molecule has 3 heteroatoms. The molecular formula is C24H40N2S. The smallest absolute Gasteiger partial charge is 0.123 e. The summed E-state index contributed by atoms with van der Waals surface area (Å²) in [6, 6.07) is 2.06. The van der Waals surface area contributed by atoms with Gasteiger partial charge in [0, 0.05) is 13.1 Å². The van der Waals surface area contributed by atoms with E-state index in [1.807, 2.05) is 84.3 Å². The molecule has 1 rings (SSSR count). The van der Waals surface area contributed by atoms with Gasteiger partial charge in [0.05, 0.1) is 6.07 Å². The number of thioether (sulfide) groups is 1. The summed E-state index contributed by atoms with van der Waals surface area (Å²) in [6.07, 6.45) is 10.5. The molecule has 0 amide bonds. The van der Waals surface area contributed by atoms with Crippen LogP contribution in [0.2, 0.25) is 0 Å². The van der Waals surface area contributed by atoms with E-state index in [1.54, 1.807) is 11.8 Å². The largest absolute Gasteiger partial charge is 0.280 e. The van der Waals surface area contributed by atoms with E-state index in [4.69, 9.17) is 0 Å². The van der Waals surface area contributed by atoms with Crippen LogP contribution in [0.15, 0.2) is 71.6 Å². The van der Waals surface area contributed by atoms with Gasteiger partial charge in [-0.15, -0.1) is 11.8 Å². The predicted molar refractivity (Wildman–Crippen MR) is 128 cm³/mol. The van der Waals surface area contributed by atoms with Crippen LogP contribution in [0.5, 0.6) is 0 Å². The monoisotopic (exact) mass is 388 g/mol. The minimum absolute atomic E-state index is 0.295. The maximum Gasteiger partial charge on any atom is 0.123 e. The van der Waals surface area contributed by atoms with Gasteiger partial charge in [-0.2, -0.15) is 5.26 Å². The van der Waals surface area contributed by atoms with Gasteiger partial charge in [-0.25, -0.2) is 0 Å². The summed E-state index contributed by atoms with van der Waals surface area (Å²) in [4.78, 5) is 3.44. The van der Waals surface area contributed by atoms with Crippen molar-refractivity contribution < 1.29 is 0 Å². The van der Waals surface area contributed by atoms with Crippen LogP contribution in [-0.2, 0) is 0 Å². The number of hydrogen-bond donors (Lipinski definition) is 0. The molecule has 27 heavy (non-hydrogen) atoms. The summed E-state index contributed by atoms with van der Waals surface area (Å²) in [6.45, 7) is 27.2. The minimum atomic E-state index is -0.295. The Morgan fingerprint density at radius 1 is 1.15 bits per heavy atom. The second-order valence-corrected chi connectivity index (χ2v) is 5.71. The Morgan fingerprint density at radius 3 is 2.19 bits per heavy atom. The third kappa shape index (κ3) is 12.3. The molecular weight excluding hydrogens is 348 g/mol. The lowest BCUT2D eigenvalue weighted by Crippen LogP contribution is -2.39. The molecule has 0 N–H and O–H groups in total. The second kappa shape index (κ2) is 22.3. The molecule has 0 aromatic rings. The molecule has 152 valence electrons. The molecule has 2 nitrogen and oxygen atoms in total. The highest BCUT2D eigenvalue weighted by Crippen LogP contribution is 2.30. The molecule has 0 bridgehead atoms. The van der Waals surface area contributed by atoms with Crippen LogP contribution < -0.4 is 0 Å². The normalized spacial score (nSPS) is 14.6. The molecule has 0 aliphatic carbocycles. The summed E-state index contributed by atoms with van der Waals surface area (Å²) in [5.41, 5.74) is 2.00. The fourth-order valence-corrected chi connectivity index (χ4v) is 2.92. The predicted octanol–water partition coefficient (Wildman–Crippen LogP) is 7.67. The van der Waals surface area contributed by atoms with Gasteiger partial charge in [0.2, 0.25) is 0 Å². The van der Waals surface area contributed by atoms with Crippen molar-refractivity contribution in [2.24, 2.45) is 0 Å². The van der Waals surface area contributed by atoms with Gasteiger partial charge in [0.25, 0.3) is 0 Å². The molecule has 1 aliphatic rings. The van der Waals surface area contributed by atoms with E-state index in [2.05, 4.69) is 30.7 Å². The van der Waals surface area contributed by atoms with Crippen LogP contribution in [-0.4, -0.2) is 24.0 Å². The molecule has 0 saturated carbocycles. The van der Waals surface area contributed by atoms with Crippen LogP contribution >= 0.6 is 11.8 Å². The summed E-state index contributed by atoms with van der Waals surface area (Å²) >= 11 is 1.65. The molecule has 0 aromatic carbocycles. The van der Waals surface area contributed by atoms with Gasteiger partial charge in [-0.3, -0.25) is 4.90 Å². The van der Waals surface area contributed by atoms with Crippen molar-refractivity contribution in [1.29, 1.82) is 5.26 Å². The van der Waals surface area contributed by atoms with Gasteiger partial charge < -0.3 is 0 Å². The van der Waals surface area contributed by atoms with Crippen LogP contribution in [0, 0.1) is 11.3 Å². The fraction of sp³-hybridized carbons (Fsp3) is 0.458. The summed E-state index contributed by atoms with van der Waals surface area (Å²) in [5.74, 6) is 0. The highest BCUT2D eigenvalue weighted by Gasteiger charge is 2.24. The first-order valence-electron chi connectivity index (χ1n) is 9.91. The van der Waals surface area contributed by atoms with E-state index in [1.165, 1.54) is 10.5 Å². The van der Waals surface area contributed by atoms with Crippen LogP contribution in [0.3, 0.4) is 0 Å². The van der Waals surface area contributed by atoms with Crippen molar-refractivity contribution in [3.05, 3.63) is 71.6 Å². The Bertz CT molecular complexity index is 533. The number of nitrogens with zero attached hydrogens (tertiary/aromatic N) is 2. The molecule has 0 unspecified atom stereocenters. The Morgan fingerprint density at radius 2 is 1.74 bits per heavy atom. The van der Waals surface area contributed by atoms with Crippen molar-refractivity contribution >= 4 is 11.8 Å². The third-order valence-electron chi connectivity index (χ3n) is 3.28. The number of allylic oxidation sites excluding steroid dienone is 3. The molecule has 0 fully saturated rings. The summed E-state index contributed by atoms with van der Waals surface area (Å²) in [7, 11) is 0. The van der Waals surface area contributed by atoms with E-state index in [-0.39, 0.29) is 6.04 Å². The van der Waals surface area contributed by atoms with E-state index in [0.717, 1.165) is 25.1 Å². The van der Waals surface area contributed by atoms with E-state index in [9.17, 15) is 5.26 Å². The minimum Gasteiger partial charge on any atom is -0.280 e. The van der Waals surface area contributed by atoms with Crippen molar-refractivity contribution in [3.63, 3.8) is 0 Å². The first kappa shape index (κ1) is 30.0. The lowest BCUT2D eigenvalue weighted by molar-refractivity contribution is 0.275. The Hall–Kier alpha value is -1.76. The quantitative estimate of drug-likeness (QED) is 0.419. The van der Waals surface area contributed by atoms with Gasteiger partial charge >= 0.3 is 0 Å². The summed E-state index contributed by atoms with van der Waals surface area (Å²) in [5, 5.41) is 11.3. The zero-order valence-corrected chi connectivity index (χ0v) is 19.4. The van der Waals surface area contributed by atoms with Gasteiger partial charge in [-0.05, 0) is 34.8 Å². The molecule has 1 aliphatic heterocycles. The first-order valence-corrected chi connectivity index (χ1v) is 10.8. The molecule has 1 atom stereocenters. The van der Waals surface area contributed by atoms with E-state index in [0.29, 0.717) is 0 Å². The van der Waals surface area contributed by atoms with E-state index >= 15 is 0 Å². The highest BCUT2D eigenvalue weighted by molar-refractivity contribution is 8.05. The molecule has 0 radical (unpaired) electrons. The Kier molecular flexibility index (Phi) is 24.7. The van der Waals surface area contributed by atoms with Crippen LogP contribution in [0.4, 0.5) is 0 Å². The zero-order chi connectivity index (χ0) is 21.7. The van der Waals surface area contributed by atoms with Gasteiger partial charge in [-0.1, -0.05) is 91.7 Å². The lowest BCUT2D eigenvalue weighted by Gasteiger charge is -2.32. The lowest BCUT2D eigenvalue weighted by atomic mass is 10.0. The highest BCUT2D eigenvalue weighted by atomic mass is 32.2. The van der Waals surface area contributed by atoms with Gasteiger partial charge in [0.1, 0.15) is 6.04 Å². The van der Waals surface area contributed by atoms with Gasteiger partial charge in [0.15, 0.2) is 0 Å². The Labute approximate surface area is 173 Å². The third-order valence-corrected chi connectivity index (χ3v) is 4.20. The standard InChI is InChI=1S/C18H22N2S.3C2H6/c1-5-8-9-10-15(4)17(13-19)20-12-11-18(21-7-3)16(6-2)14-20;3*1-2/h5-10,17H,2-4,11-12,14H2,1H3;3*1-2H3/b8-5-,10-9-;;;/t17-;;;/m1.../s1. The average molecular weight is 389 g/mol. The Balaban J connectivity index is -0.000000869. The summed E-state index contributed by atoms with van der Waals surface area (Å²) < 4.78 is 0. The van der Waals surface area contributed by atoms with Crippen molar-refractivity contribution in [2.45, 2.75) is 60.9 Å². The molecule has 0 aromatic heterocycles. The van der Waals surface area contributed by atoms with Crippen LogP contribution in [0.25, 0.3) is 0 Å². The fourth-order valence-electron chi connectivity index (χ4n) is 2.21. The number of hydrogen-bond acceptors (Lipinski definition) is 3. The molecule has 0 saturated heterocycles. The molecule has 0 spiro atoms. The number of rotatable bonds is 7. The SMILES string of the molecule is C=CSC1=C(C=C)CN([C@H](C#N)C(=C)/C=C\C=C/C)CC1.CC.CC.CC. The maximum absolute atomic E-state index is 9.47. The van der Waals surface area contributed by atoms with Crippen molar-refractivity contribution in [2.75, 3.05) is 13.1 Å². The van der Waals surface area contributed by atoms with Crippen LogP contribution in [0.1, 0.15) is 54.9 Å². The second-order valence-electron chi connectivity index (χ2n) is 4.65. The molecule has 1 heterocycles. The average Bonchev–Trinajstić information content (AvgIpc) is 2.74. The zero-order valence-electron chi connectivity index (χ0n) is 18.6.